The first-order valence-electron chi connectivity index (χ1n) is 7.31. The number of carboxylic acids is 1. The summed E-state index contributed by atoms with van der Waals surface area (Å²) in [5.41, 5.74) is 1.01. The van der Waals surface area contributed by atoms with Gasteiger partial charge >= 0.3 is 5.97 Å². The van der Waals surface area contributed by atoms with Gasteiger partial charge in [-0.15, -0.1) is 0 Å². The van der Waals surface area contributed by atoms with Gasteiger partial charge in [0, 0.05) is 0 Å². The Bertz CT molecular complexity index is 608. The number of benzene rings is 2. The van der Waals surface area contributed by atoms with Crippen molar-refractivity contribution in [2.24, 2.45) is 0 Å². The maximum absolute atomic E-state index is 11.1. The fourth-order valence-corrected chi connectivity index (χ4v) is 2.02. The molecular formula is C18H20O4. The van der Waals surface area contributed by atoms with Crippen LogP contribution in [0, 0.1) is 6.92 Å². The van der Waals surface area contributed by atoms with E-state index in [-0.39, 0.29) is 5.56 Å². The van der Waals surface area contributed by atoms with Crippen LogP contribution in [0.4, 0.5) is 0 Å². The lowest BCUT2D eigenvalue weighted by molar-refractivity contribution is 0.0695. The van der Waals surface area contributed by atoms with Gasteiger partial charge in [-0.25, -0.2) is 4.79 Å². The summed E-state index contributed by atoms with van der Waals surface area (Å²) < 4.78 is 11.2. The third kappa shape index (κ3) is 4.81. The third-order valence-electron chi connectivity index (χ3n) is 3.26. The van der Waals surface area contributed by atoms with E-state index in [2.05, 4.69) is 0 Å². The normalized spacial score (nSPS) is 10.2. The van der Waals surface area contributed by atoms with Gasteiger partial charge in [-0.05, 0) is 49.6 Å². The highest BCUT2D eigenvalue weighted by molar-refractivity contribution is 5.89. The predicted octanol–water partition coefficient (Wildman–Crippen LogP) is 3.93. The monoisotopic (exact) mass is 300 g/mol. The summed E-state index contributed by atoms with van der Waals surface area (Å²) in [6.07, 6.45) is 1.73. The SMILES string of the molecule is Cc1ccc(OCCCCOc2ccccc2)cc1C(=O)O. The molecule has 0 aliphatic heterocycles. The minimum absolute atomic E-state index is 0.282. The van der Waals surface area contributed by atoms with Crippen LogP contribution in [-0.4, -0.2) is 24.3 Å². The van der Waals surface area contributed by atoms with E-state index in [0.717, 1.165) is 24.2 Å². The summed E-state index contributed by atoms with van der Waals surface area (Å²) in [6, 6.07) is 14.8. The number of hydrogen-bond donors (Lipinski definition) is 1. The summed E-state index contributed by atoms with van der Waals surface area (Å²) in [5.74, 6) is 0.527. The molecule has 0 atom stereocenters. The lowest BCUT2D eigenvalue weighted by Crippen LogP contribution is -2.04. The van der Waals surface area contributed by atoms with Crippen LogP contribution in [0.25, 0.3) is 0 Å². The molecule has 0 aliphatic carbocycles. The molecule has 0 aromatic heterocycles. The van der Waals surface area contributed by atoms with Gasteiger partial charge in [0.15, 0.2) is 0 Å². The van der Waals surface area contributed by atoms with Crippen LogP contribution in [0.15, 0.2) is 48.5 Å². The molecule has 22 heavy (non-hydrogen) atoms. The molecule has 116 valence electrons. The summed E-state index contributed by atoms with van der Waals surface area (Å²) in [5, 5.41) is 9.07. The van der Waals surface area contributed by atoms with Crippen molar-refractivity contribution < 1.29 is 19.4 Å². The van der Waals surface area contributed by atoms with E-state index in [1.807, 2.05) is 30.3 Å². The Morgan fingerprint density at radius 1 is 0.955 bits per heavy atom. The number of unbranched alkanes of at least 4 members (excludes halogenated alkanes) is 1. The Morgan fingerprint density at radius 2 is 1.59 bits per heavy atom. The minimum atomic E-state index is -0.931. The molecule has 4 heteroatoms. The summed E-state index contributed by atoms with van der Waals surface area (Å²) >= 11 is 0. The number of rotatable bonds is 8. The predicted molar refractivity (Wildman–Crippen MR) is 84.8 cm³/mol. The first kappa shape index (κ1) is 15.9. The molecule has 0 saturated heterocycles. The van der Waals surface area contributed by atoms with Crippen molar-refractivity contribution in [3.63, 3.8) is 0 Å². The molecule has 0 bridgehead atoms. The van der Waals surface area contributed by atoms with Crippen LogP contribution in [0.2, 0.25) is 0 Å². The minimum Gasteiger partial charge on any atom is -0.494 e. The molecule has 0 saturated carbocycles. The van der Waals surface area contributed by atoms with E-state index in [0.29, 0.717) is 19.0 Å². The van der Waals surface area contributed by atoms with Crippen LogP contribution in [0.3, 0.4) is 0 Å². The van der Waals surface area contributed by atoms with Crippen molar-refractivity contribution in [1.29, 1.82) is 0 Å². The summed E-state index contributed by atoms with van der Waals surface area (Å²) in [4.78, 5) is 11.1. The molecule has 0 heterocycles. The number of ether oxygens (including phenoxy) is 2. The summed E-state index contributed by atoms with van der Waals surface area (Å²) in [6.45, 7) is 2.95. The fraction of sp³-hybridized carbons (Fsp3) is 0.278. The zero-order valence-corrected chi connectivity index (χ0v) is 12.6. The van der Waals surface area contributed by atoms with Crippen molar-refractivity contribution in [2.45, 2.75) is 19.8 Å². The average Bonchev–Trinajstić information content (AvgIpc) is 2.53. The molecule has 0 spiro atoms. The van der Waals surface area contributed by atoms with E-state index in [1.165, 1.54) is 0 Å². The number of para-hydroxylation sites is 1. The highest BCUT2D eigenvalue weighted by Gasteiger charge is 2.08. The number of aryl methyl sites for hydroxylation is 1. The first-order chi connectivity index (χ1) is 10.7. The van der Waals surface area contributed by atoms with Gasteiger partial charge in [0.05, 0.1) is 18.8 Å². The van der Waals surface area contributed by atoms with Gasteiger partial charge in [-0.1, -0.05) is 24.3 Å². The topological polar surface area (TPSA) is 55.8 Å². The van der Waals surface area contributed by atoms with Gasteiger partial charge in [0.1, 0.15) is 11.5 Å². The molecule has 2 rings (SSSR count). The molecule has 2 aromatic carbocycles. The highest BCUT2D eigenvalue weighted by atomic mass is 16.5. The third-order valence-corrected chi connectivity index (χ3v) is 3.26. The maximum atomic E-state index is 11.1. The lowest BCUT2D eigenvalue weighted by atomic mass is 10.1. The second-order valence-corrected chi connectivity index (χ2v) is 5.00. The second-order valence-electron chi connectivity index (χ2n) is 5.00. The van der Waals surface area contributed by atoms with Crippen molar-refractivity contribution in [3.05, 3.63) is 59.7 Å². The van der Waals surface area contributed by atoms with Crippen LogP contribution in [-0.2, 0) is 0 Å². The van der Waals surface area contributed by atoms with Gasteiger partial charge < -0.3 is 14.6 Å². The Labute approximate surface area is 130 Å². The van der Waals surface area contributed by atoms with Crippen LogP contribution < -0.4 is 9.47 Å². The molecule has 0 fully saturated rings. The molecule has 2 aromatic rings. The van der Waals surface area contributed by atoms with Gasteiger partial charge in [0.25, 0.3) is 0 Å². The van der Waals surface area contributed by atoms with Crippen molar-refractivity contribution in [2.75, 3.05) is 13.2 Å². The highest BCUT2D eigenvalue weighted by Crippen LogP contribution is 2.18. The molecule has 0 unspecified atom stereocenters. The lowest BCUT2D eigenvalue weighted by Gasteiger charge is -2.09. The molecule has 4 nitrogen and oxygen atoms in total. The Kier molecular flexibility index (Phi) is 5.83. The second kappa shape index (κ2) is 8.08. The first-order valence-corrected chi connectivity index (χ1v) is 7.31. The van der Waals surface area contributed by atoms with E-state index < -0.39 is 5.97 Å². The van der Waals surface area contributed by atoms with Crippen molar-refractivity contribution in [3.8, 4) is 11.5 Å². The number of aromatic carboxylic acids is 1. The Hall–Kier alpha value is -2.49. The van der Waals surface area contributed by atoms with Crippen molar-refractivity contribution in [1.82, 2.24) is 0 Å². The number of carbonyl (C=O) groups is 1. The van der Waals surface area contributed by atoms with E-state index in [1.54, 1.807) is 25.1 Å². The maximum Gasteiger partial charge on any atom is 0.336 e. The number of carboxylic acid groups (broad SMARTS) is 1. The van der Waals surface area contributed by atoms with E-state index in [4.69, 9.17) is 14.6 Å². The smallest absolute Gasteiger partial charge is 0.336 e. The standard InChI is InChI=1S/C18H20O4/c1-14-9-10-16(13-17(14)18(19)20)22-12-6-5-11-21-15-7-3-2-4-8-15/h2-4,7-10,13H,5-6,11-12H2,1H3,(H,19,20). The van der Waals surface area contributed by atoms with Crippen molar-refractivity contribution >= 4 is 5.97 Å². The molecule has 0 aliphatic rings. The van der Waals surface area contributed by atoms with Crippen LogP contribution >= 0.6 is 0 Å². The van der Waals surface area contributed by atoms with Gasteiger partial charge in [-0.3, -0.25) is 0 Å². The fourth-order valence-electron chi connectivity index (χ4n) is 2.02. The van der Waals surface area contributed by atoms with Gasteiger partial charge in [-0.2, -0.15) is 0 Å². The molecular weight excluding hydrogens is 280 g/mol. The zero-order valence-electron chi connectivity index (χ0n) is 12.6. The average molecular weight is 300 g/mol. The van der Waals surface area contributed by atoms with Crippen LogP contribution in [0.5, 0.6) is 11.5 Å². The zero-order chi connectivity index (χ0) is 15.8. The molecule has 1 N–H and O–H groups in total. The quantitative estimate of drug-likeness (QED) is 0.750. The van der Waals surface area contributed by atoms with Crippen LogP contribution in [0.1, 0.15) is 28.8 Å². The molecule has 0 radical (unpaired) electrons. The van der Waals surface area contributed by atoms with E-state index in [9.17, 15) is 4.79 Å². The Balaban J connectivity index is 1.68. The Morgan fingerprint density at radius 3 is 2.23 bits per heavy atom. The van der Waals surface area contributed by atoms with E-state index >= 15 is 0 Å². The number of hydrogen-bond acceptors (Lipinski definition) is 3. The summed E-state index contributed by atoms with van der Waals surface area (Å²) in [7, 11) is 0. The molecule has 0 amide bonds. The van der Waals surface area contributed by atoms with Gasteiger partial charge in [0.2, 0.25) is 0 Å². The largest absolute Gasteiger partial charge is 0.494 e.